The topological polar surface area (TPSA) is 43.3 Å². The second-order valence-corrected chi connectivity index (χ2v) is 5.57. The van der Waals surface area contributed by atoms with Crippen molar-refractivity contribution in [1.82, 2.24) is 9.38 Å². The van der Waals surface area contributed by atoms with Crippen molar-refractivity contribution in [2.24, 2.45) is 5.73 Å². The van der Waals surface area contributed by atoms with Crippen LogP contribution in [-0.2, 0) is 6.54 Å². The van der Waals surface area contributed by atoms with Crippen LogP contribution in [0.25, 0.3) is 28.0 Å². The molecule has 2 aromatic carbocycles. The fourth-order valence-corrected chi connectivity index (χ4v) is 2.75. The van der Waals surface area contributed by atoms with E-state index in [1.807, 2.05) is 35.0 Å². The molecule has 0 aliphatic carbocycles. The van der Waals surface area contributed by atoms with E-state index >= 15 is 0 Å². The third-order valence-electron chi connectivity index (χ3n) is 4.05. The van der Waals surface area contributed by atoms with Crippen LogP contribution in [0.2, 0.25) is 0 Å². The van der Waals surface area contributed by atoms with Gasteiger partial charge >= 0.3 is 0 Å². The predicted molar refractivity (Wildman–Crippen MR) is 94.0 cm³/mol. The largest absolute Gasteiger partial charge is 0.326 e. The molecule has 3 nitrogen and oxygen atoms in total. The SMILES string of the molecule is NCc1ccn2cc(-c3ccc(-c4ccccc4)cc3)nc2c1. The molecule has 2 aromatic heterocycles. The van der Waals surface area contributed by atoms with E-state index in [2.05, 4.69) is 48.5 Å². The number of nitrogens with zero attached hydrogens (tertiary/aromatic N) is 2. The zero-order valence-electron chi connectivity index (χ0n) is 12.7. The van der Waals surface area contributed by atoms with E-state index in [-0.39, 0.29) is 0 Å². The van der Waals surface area contributed by atoms with Crippen molar-refractivity contribution in [3.63, 3.8) is 0 Å². The maximum absolute atomic E-state index is 5.69. The molecular formula is C20H17N3. The molecule has 0 amide bonds. The van der Waals surface area contributed by atoms with Gasteiger partial charge in [-0.2, -0.15) is 0 Å². The second kappa shape index (κ2) is 5.71. The highest BCUT2D eigenvalue weighted by molar-refractivity contribution is 5.69. The summed E-state index contributed by atoms with van der Waals surface area (Å²) in [6.07, 6.45) is 4.06. The van der Waals surface area contributed by atoms with Gasteiger partial charge < -0.3 is 10.1 Å². The number of aromatic nitrogens is 2. The van der Waals surface area contributed by atoms with Crippen LogP contribution in [-0.4, -0.2) is 9.38 Å². The van der Waals surface area contributed by atoms with Crippen LogP contribution >= 0.6 is 0 Å². The summed E-state index contributed by atoms with van der Waals surface area (Å²) in [6, 6.07) is 23.0. The molecule has 23 heavy (non-hydrogen) atoms. The molecule has 0 saturated carbocycles. The number of nitrogens with two attached hydrogens (primary N) is 1. The highest BCUT2D eigenvalue weighted by Gasteiger charge is 2.05. The summed E-state index contributed by atoms with van der Waals surface area (Å²) in [7, 11) is 0. The van der Waals surface area contributed by atoms with Crippen molar-refractivity contribution < 1.29 is 0 Å². The molecule has 2 N–H and O–H groups in total. The van der Waals surface area contributed by atoms with Gasteiger partial charge in [-0.1, -0.05) is 54.6 Å². The van der Waals surface area contributed by atoms with E-state index in [1.54, 1.807) is 0 Å². The lowest BCUT2D eigenvalue weighted by molar-refractivity contribution is 1.05. The van der Waals surface area contributed by atoms with Crippen molar-refractivity contribution in [3.05, 3.63) is 84.7 Å². The van der Waals surface area contributed by atoms with Crippen LogP contribution in [0.4, 0.5) is 0 Å². The van der Waals surface area contributed by atoms with Crippen LogP contribution in [0, 0.1) is 0 Å². The summed E-state index contributed by atoms with van der Waals surface area (Å²) >= 11 is 0. The fourth-order valence-electron chi connectivity index (χ4n) is 2.75. The van der Waals surface area contributed by atoms with E-state index in [9.17, 15) is 0 Å². The number of hydrogen-bond acceptors (Lipinski definition) is 2. The first-order valence-electron chi connectivity index (χ1n) is 7.67. The summed E-state index contributed by atoms with van der Waals surface area (Å²) < 4.78 is 2.03. The molecule has 0 aliphatic rings. The lowest BCUT2D eigenvalue weighted by Crippen LogP contribution is -1.96. The van der Waals surface area contributed by atoms with Crippen molar-refractivity contribution in [3.8, 4) is 22.4 Å². The maximum Gasteiger partial charge on any atom is 0.137 e. The first-order valence-corrected chi connectivity index (χ1v) is 7.67. The quantitative estimate of drug-likeness (QED) is 0.618. The van der Waals surface area contributed by atoms with Gasteiger partial charge in [-0.3, -0.25) is 0 Å². The summed E-state index contributed by atoms with van der Waals surface area (Å²) in [4.78, 5) is 4.70. The normalized spacial score (nSPS) is 11.0. The Labute approximate surface area is 135 Å². The van der Waals surface area contributed by atoms with Crippen molar-refractivity contribution in [2.75, 3.05) is 0 Å². The van der Waals surface area contributed by atoms with Gasteiger partial charge in [0.15, 0.2) is 0 Å². The Kier molecular flexibility index (Phi) is 3.41. The zero-order valence-corrected chi connectivity index (χ0v) is 12.7. The fraction of sp³-hybridized carbons (Fsp3) is 0.0500. The van der Waals surface area contributed by atoms with E-state index < -0.39 is 0 Å². The third kappa shape index (κ3) is 2.62. The lowest BCUT2D eigenvalue weighted by Gasteiger charge is -2.02. The van der Waals surface area contributed by atoms with Crippen molar-refractivity contribution in [2.45, 2.75) is 6.54 Å². The summed E-state index contributed by atoms with van der Waals surface area (Å²) in [5.74, 6) is 0. The highest BCUT2D eigenvalue weighted by atomic mass is 15.0. The Bertz CT molecular complexity index is 938. The molecule has 3 heteroatoms. The molecule has 0 radical (unpaired) electrons. The molecule has 0 atom stereocenters. The van der Waals surface area contributed by atoms with Crippen LogP contribution in [0.5, 0.6) is 0 Å². The Morgan fingerprint density at radius 3 is 2.26 bits per heavy atom. The van der Waals surface area contributed by atoms with E-state index in [4.69, 9.17) is 10.7 Å². The van der Waals surface area contributed by atoms with Gasteiger partial charge in [-0.15, -0.1) is 0 Å². The Balaban J connectivity index is 1.70. The Morgan fingerprint density at radius 2 is 1.52 bits per heavy atom. The molecule has 0 fully saturated rings. The zero-order chi connectivity index (χ0) is 15.6. The Hall–Kier alpha value is -2.91. The number of imidazole rings is 1. The average Bonchev–Trinajstić information content (AvgIpc) is 3.05. The average molecular weight is 299 g/mol. The first kappa shape index (κ1) is 13.7. The smallest absolute Gasteiger partial charge is 0.137 e. The van der Waals surface area contributed by atoms with Gasteiger partial charge in [-0.25, -0.2) is 4.98 Å². The van der Waals surface area contributed by atoms with Crippen molar-refractivity contribution >= 4 is 5.65 Å². The van der Waals surface area contributed by atoms with Gasteiger partial charge in [0.1, 0.15) is 5.65 Å². The van der Waals surface area contributed by atoms with E-state index in [0.29, 0.717) is 6.54 Å². The molecule has 0 saturated heterocycles. The lowest BCUT2D eigenvalue weighted by atomic mass is 10.0. The molecule has 0 bridgehead atoms. The number of rotatable bonds is 3. The molecule has 2 heterocycles. The van der Waals surface area contributed by atoms with Crippen LogP contribution in [0.1, 0.15) is 5.56 Å². The second-order valence-electron chi connectivity index (χ2n) is 5.57. The van der Waals surface area contributed by atoms with Crippen LogP contribution in [0.15, 0.2) is 79.1 Å². The van der Waals surface area contributed by atoms with Crippen LogP contribution < -0.4 is 5.73 Å². The molecule has 112 valence electrons. The highest BCUT2D eigenvalue weighted by Crippen LogP contribution is 2.24. The van der Waals surface area contributed by atoms with Gasteiger partial charge in [0.25, 0.3) is 0 Å². The summed E-state index contributed by atoms with van der Waals surface area (Å²) in [5, 5.41) is 0. The van der Waals surface area contributed by atoms with E-state index in [1.165, 1.54) is 11.1 Å². The van der Waals surface area contributed by atoms with E-state index in [0.717, 1.165) is 22.5 Å². The molecule has 4 aromatic rings. The maximum atomic E-state index is 5.69. The molecule has 4 rings (SSSR count). The van der Waals surface area contributed by atoms with Gasteiger partial charge in [0, 0.05) is 24.5 Å². The number of benzene rings is 2. The number of hydrogen-bond donors (Lipinski definition) is 1. The van der Waals surface area contributed by atoms with Gasteiger partial charge in [0.05, 0.1) is 5.69 Å². The minimum Gasteiger partial charge on any atom is -0.326 e. The predicted octanol–water partition coefficient (Wildman–Crippen LogP) is 4.13. The third-order valence-corrected chi connectivity index (χ3v) is 4.05. The number of fused-ring (bicyclic) bond motifs is 1. The Morgan fingerprint density at radius 1 is 0.826 bits per heavy atom. The molecule has 0 unspecified atom stereocenters. The molecule has 0 aliphatic heterocycles. The standard InChI is InChI=1S/C20H17N3/c21-13-15-10-11-23-14-19(22-20(23)12-15)18-8-6-17(7-9-18)16-4-2-1-3-5-16/h1-12,14H,13,21H2. The minimum absolute atomic E-state index is 0.532. The van der Waals surface area contributed by atoms with Crippen LogP contribution in [0.3, 0.4) is 0 Å². The molecule has 0 spiro atoms. The monoisotopic (exact) mass is 299 g/mol. The summed E-state index contributed by atoms with van der Waals surface area (Å²) in [6.45, 7) is 0.532. The van der Waals surface area contributed by atoms with Gasteiger partial charge in [-0.05, 0) is 28.8 Å². The summed E-state index contributed by atoms with van der Waals surface area (Å²) in [5.41, 5.74) is 12.2. The van der Waals surface area contributed by atoms with Gasteiger partial charge in [0.2, 0.25) is 0 Å². The minimum atomic E-state index is 0.532. The van der Waals surface area contributed by atoms with Crippen molar-refractivity contribution in [1.29, 1.82) is 0 Å². The molecular weight excluding hydrogens is 282 g/mol. The first-order chi connectivity index (χ1) is 11.3. The number of pyridine rings is 1.